The number of amides is 2. The molecule has 158 valence electrons. The van der Waals surface area contributed by atoms with E-state index in [1.54, 1.807) is 17.7 Å². The molecule has 3 rings (SSSR count). The Morgan fingerprint density at radius 3 is 2.83 bits per heavy atom. The van der Waals surface area contributed by atoms with Gasteiger partial charge in [-0.05, 0) is 50.3 Å². The topological polar surface area (TPSA) is 91.0 Å². The fraction of sp³-hybridized carbons (Fsp3) is 0.455. The summed E-state index contributed by atoms with van der Waals surface area (Å²) in [7, 11) is 0. The molecular weight excluding hydrogens is 398 g/mol. The van der Waals surface area contributed by atoms with Gasteiger partial charge in [0.15, 0.2) is 5.13 Å². The lowest BCUT2D eigenvalue weighted by Gasteiger charge is -2.23. The van der Waals surface area contributed by atoms with Gasteiger partial charge >= 0.3 is 0 Å². The standard InChI is InChI=1S/C22H27N5O2S/c1-14(2)13-27-15(3)10-17(16(27)4)11-18(12-23)21(29)26-8-5-6-19(26)20(28)25-22-24-7-9-30-22/h7,9-11,14,19H,5-6,8,13H2,1-4H3,(H,24,25,28)/b18-11+. The van der Waals surface area contributed by atoms with E-state index < -0.39 is 11.9 Å². The van der Waals surface area contributed by atoms with Crippen molar-refractivity contribution in [2.24, 2.45) is 5.92 Å². The molecule has 8 heteroatoms. The van der Waals surface area contributed by atoms with E-state index >= 15 is 0 Å². The number of hydrogen-bond acceptors (Lipinski definition) is 5. The molecular formula is C22H27N5O2S. The maximum atomic E-state index is 13.1. The van der Waals surface area contributed by atoms with Crippen molar-refractivity contribution in [2.45, 2.75) is 53.1 Å². The SMILES string of the molecule is Cc1cc(/C=C(\C#N)C(=O)N2CCCC2C(=O)Nc2nccs2)c(C)n1CC(C)C. The second-order valence-corrected chi connectivity index (χ2v) is 8.88. The molecule has 1 unspecified atom stereocenters. The molecule has 1 fully saturated rings. The minimum absolute atomic E-state index is 0.0498. The molecule has 2 aromatic rings. The fourth-order valence-corrected chi connectivity index (χ4v) is 4.36. The summed E-state index contributed by atoms with van der Waals surface area (Å²) < 4.78 is 2.20. The van der Waals surface area contributed by atoms with Crippen LogP contribution in [-0.2, 0) is 16.1 Å². The number of likely N-dealkylation sites (tertiary alicyclic amines) is 1. The highest BCUT2D eigenvalue weighted by molar-refractivity contribution is 7.13. The van der Waals surface area contributed by atoms with Crippen LogP contribution in [0.5, 0.6) is 0 Å². The molecule has 1 aliphatic heterocycles. The zero-order chi connectivity index (χ0) is 21.8. The van der Waals surface area contributed by atoms with Gasteiger partial charge in [-0.2, -0.15) is 5.26 Å². The lowest BCUT2D eigenvalue weighted by atomic mass is 10.1. The third-order valence-corrected chi connectivity index (χ3v) is 5.98. The van der Waals surface area contributed by atoms with E-state index in [0.717, 1.165) is 29.9 Å². The molecule has 1 aliphatic rings. The zero-order valence-corrected chi connectivity index (χ0v) is 18.6. The third-order valence-electron chi connectivity index (χ3n) is 5.29. The van der Waals surface area contributed by atoms with E-state index in [4.69, 9.17) is 0 Å². The molecule has 0 aliphatic carbocycles. The van der Waals surface area contributed by atoms with Crippen LogP contribution in [0.2, 0.25) is 0 Å². The molecule has 2 aromatic heterocycles. The van der Waals surface area contributed by atoms with Gasteiger partial charge in [0.1, 0.15) is 17.7 Å². The lowest BCUT2D eigenvalue weighted by molar-refractivity contribution is -0.133. The molecule has 1 atom stereocenters. The van der Waals surface area contributed by atoms with Crippen molar-refractivity contribution in [2.75, 3.05) is 11.9 Å². The summed E-state index contributed by atoms with van der Waals surface area (Å²) in [6.45, 7) is 9.68. The number of rotatable bonds is 6. The Morgan fingerprint density at radius 2 is 2.20 bits per heavy atom. The first-order chi connectivity index (χ1) is 14.3. The second kappa shape index (κ2) is 9.26. The number of thiazole rings is 1. The van der Waals surface area contributed by atoms with Crippen LogP contribution < -0.4 is 5.32 Å². The highest BCUT2D eigenvalue weighted by Gasteiger charge is 2.35. The number of aromatic nitrogens is 2. The summed E-state index contributed by atoms with van der Waals surface area (Å²) >= 11 is 1.33. The van der Waals surface area contributed by atoms with Crippen molar-refractivity contribution >= 4 is 34.4 Å². The van der Waals surface area contributed by atoms with Crippen LogP contribution in [-0.4, -0.2) is 38.9 Å². The van der Waals surface area contributed by atoms with Crippen LogP contribution in [0.3, 0.4) is 0 Å². The second-order valence-electron chi connectivity index (χ2n) is 7.98. The van der Waals surface area contributed by atoms with E-state index in [0.29, 0.717) is 24.0 Å². The van der Waals surface area contributed by atoms with Crippen molar-refractivity contribution < 1.29 is 9.59 Å². The molecule has 1 saturated heterocycles. The van der Waals surface area contributed by atoms with Crippen LogP contribution >= 0.6 is 11.3 Å². The summed E-state index contributed by atoms with van der Waals surface area (Å²) in [5, 5.41) is 14.7. The molecule has 2 amide bonds. The molecule has 0 aromatic carbocycles. The highest BCUT2D eigenvalue weighted by atomic mass is 32.1. The van der Waals surface area contributed by atoms with Crippen LogP contribution in [0.1, 0.15) is 43.6 Å². The van der Waals surface area contributed by atoms with Gasteiger partial charge in [0.25, 0.3) is 5.91 Å². The zero-order valence-electron chi connectivity index (χ0n) is 17.8. The van der Waals surface area contributed by atoms with Crippen molar-refractivity contribution in [3.8, 4) is 6.07 Å². The van der Waals surface area contributed by atoms with Gasteiger partial charge in [0.05, 0.1) is 0 Å². The Morgan fingerprint density at radius 1 is 1.43 bits per heavy atom. The number of aryl methyl sites for hydroxylation is 1. The van der Waals surface area contributed by atoms with Gasteiger partial charge in [-0.15, -0.1) is 11.3 Å². The fourth-order valence-electron chi connectivity index (χ4n) is 3.83. The molecule has 3 heterocycles. The first-order valence-corrected chi connectivity index (χ1v) is 11.0. The summed E-state index contributed by atoms with van der Waals surface area (Å²) in [6.07, 6.45) is 4.56. The number of carbonyl (C=O) groups excluding carboxylic acids is 2. The predicted octanol–water partition coefficient (Wildman–Crippen LogP) is 3.75. The van der Waals surface area contributed by atoms with Crippen molar-refractivity contribution in [1.82, 2.24) is 14.5 Å². The number of hydrogen-bond donors (Lipinski definition) is 1. The third kappa shape index (κ3) is 4.62. The molecule has 0 radical (unpaired) electrons. The molecule has 0 bridgehead atoms. The quantitative estimate of drug-likeness (QED) is 0.564. The Hall–Kier alpha value is -2.92. The number of nitriles is 1. The summed E-state index contributed by atoms with van der Waals surface area (Å²) in [6, 6.07) is 3.46. The monoisotopic (exact) mass is 425 g/mol. The van der Waals surface area contributed by atoms with Gasteiger partial charge in [0, 0.05) is 36.1 Å². The number of carbonyl (C=O) groups is 2. The van der Waals surface area contributed by atoms with E-state index in [2.05, 4.69) is 28.7 Å². The van der Waals surface area contributed by atoms with E-state index in [9.17, 15) is 14.9 Å². The number of nitrogens with zero attached hydrogens (tertiary/aromatic N) is 4. The van der Waals surface area contributed by atoms with E-state index in [-0.39, 0.29) is 11.5 Å². The minimum atomic E-state index is -0.591. The summed E-state index contributed by atoms with van der Waals surface area (Å²) in [5.41, 5.74) is 3.04. The average Bonchev–Trinajstić information content (AvgIpc) is 3.43. The molecule has 7 nitrogen and oxygen atoms in total. The predicted molar refractivity (Wildman–Crippen MR) is 118 cm³/mol. The Labute approximate surface area is 181 Å². The van der Waals surface area contributed by atoms with Gasteiger partial charge in [-0.25, -0.2) is 4.98 Å². The summed E-state index contributed by atoms with van der Waals surface area (Å²) in [4.78, 5) is 31.3. The van der Waals surface area contributed by atoms with Crippen LogP contribution in [0, 0.1) is 31.1 Å². The maximum Gasteiger partial charge on any atom is 0.265 e. The van der Waals surface area contributed by atoms with Crippen LogP contribution in [0.25, 0.3) is 6.08 Å². The molecule has 30 heavy (non-hydrogen) atoms. The minimum Gasteiger partial charge on any atom is -0.348 e. The lowest BCUT2D eigenvalue weighted by Crippen LogP contribution is -2.43. The molecule has 0 spiro atoms. The Bertz CT molecular complexity index is 998. The van der Waals surface area contributed by atoms with Gasteiger partial charge < -0.3 is 14.8 Å². The van der Waals surface area contributed by atoms with Gasteiger partial charge in [-0.1, -0.05) is 13.8 Å². The maximum absolute atomic E-state index is 13.1. The molecule has 1 N–H and O–H groups in total. The van der Waals surface area contributed by atoms with Crippen LogP contribution in [0.4, 0.5) is 5.13 Å². The van der Waals surface area contributed by atoms with Crippen molar-refractivity contribution in [3.63, 3.8) is 0 Å². The smallest absolute Gasteiger partial charge is 0.265 e. The number of anilines is 1. The average molecular weight is 426 g/mol. The van der Waals surface area contributed by atoms with Gasteiger partial charge in [0.2, 0.25) is 5.91 Å². The van der Waals surface area contributed by atoms with E-state index in [1.165, 1.54) is 16.2 Å². The summed E-state index contributed by atoms with van der Waals surface area (Å²) in [5.74, 6) is -0.170. The normalized spacial score (nSPS) is 16.7. The highest BCUT2D eigenvalue weighted by Crippen LogP contribution is 2.24. The number of nitrogens with one attached hydrogen (secondary N) is 1. The largest absolute Gasteiger partial charge is 0.348 e. The van der Waals surface area contributed by atoms with Crippen molar-refractivity contribution in [3.05, 3.63) is 40.2 Å². The van der Waals surface area contributed by atoms with Crippen molar-refractivity contribution in [1.29, 1.82) is 5.26 Å². The first-order valence-electron chi connectivity index (χ1n) is 10.1. The first kappa shape index (κ1) is 21.8. The molecule has 0 saturated carbocycles. The van der Waals surface area contributed by atoms with Crippen LogP contribution in [0.15, 0.2) is 23.2 Å². The van der Waals surface area contributed by atoms with Gasteiger partial charge in [-0.3, -0.25) is 9.59 Å². The Kier molecular flexibility index (Phi) is 6.73. The van der Waals surface area contributed by atoms with E-state index in [1.807, 2.05) is 26.0 Å². The Balaban J connectivity index is 1.82.